The summed E-state index contributed by atoms with van der Waals surface area (Å²) in [6, 6.07) is 0. The van der Waals surface area contributed by atoms with Crippen molar-refractivity contribution in [3.05, 3.63) is 72.9 Å². The molecule has 0 saturated heterocycles. The minimum absolute atomic E-state index is 0.159. The van der Waals surface area contributed by atoms with Crippen molar-refractivity contribution in [2.45, 2.75) is 315 Å². The molecule has 3 unspecified atom stereocenters. The molecule has 0 heterocycles. The highest BCUT2D eigenvalue weighted by molar-refractivity contribution is 7.47. The second-order valence-electron chi connectivity index (χ2n) is 21.9. The summed E-state index contributed by atoms with van der Waals surface area (Å²) in [4.78, 5) is 48.8. The largest absolute Gasteiger partial charge is 0.472 e. The third-order valence-corrected chi connectivity index (χ3v) is 15.0. The lowest BCUT2D eigenvalue weighted by atomic mass is 10.1. The van der Waals surface area contributed by atoms with Crippen LogP contribution in [0.2, 0.25) is 0 Å². The van der Waals surface area contributed by atoms with Gasteiger partial charge in [-0.3, -0.25) is 23.4 Å². The number of ether oxygens (including phenoxy) is 3. The van der Waals surface area contributed by atoms with E-state index < -0.39 is 57.8 Å². The highest BCUT2D eigenvalue weighted by atomic mass is 31.2. The van der Waals surface area contributed by atoms with Crippen molar-refractivity contribution in [2.75, 3.05) is 26.4 Å². The molecular formula is C68H121O11P. The second-order valence-corrected chi connectivity index (χ2v) is 23.4. The summed E-state index contributed by atoms with van der Waals surface area (Å²) in [5, 5.41) is 9.86. The van der Waals surface area contributed by atoms with Gasteiger partial charge >= 0.3 is 25.7 Å². The quantitative estimate of drug-likeness (QED) is 0.0197. The zero-order valence-corrected chi connectivity index (χ0v) is 52.4. The minimum Gasteiger partial charge on any atom is -0.462 e. The molecule has 0 saturated carbocycles. The van der Waals surface area contributed by atoms with Crippen LogP contribution in [0.4, 0.5) is 0 Å². The van der Waals surface area contributed by atoms with Gasteiger partial charge in [0.05, 0.1) is 19.8 Å². The Hall–Kier alpha value is -3.08. The molecule has 0 aliphatic carbocycles. The molecule has 0 aliphatic rings. The maximum Gasteiger partial charge on any atom is 0.472 e. The zero-order valence-electron chi connectivity index (χ0n) is 51.5. The van der Waals surface area contributed by atoms with Gasteiger partial charge in [0.1, 0.15) is 12.7 Å². The van der Waals surface area contributed by atoms with E-state index in [1.165, 1.54) is 135 Å². The van der Waals surface area contributed by atoms with Crippen molar-refractivity contribution < 1.29 is 52.2 Å². The molecule has 11 nitrogen and oxygen atoms in total. The summed E-state index contributed by atoms with van der Waals surface area (Å²) in [5.41, 5.74) is 0. The van der Waals surface area contributed by atoms with Gasteiger partial charge in [0.25, 0.3) is 0 Å². The van der Waals surface area contributed by atoms with E-state index in [1.54, 1.807) is 0 Å². The van der Waals surface area contributed by atoms with Gasteiger partial charge < -0.3 is 24.2 Å². The van der Waals surface area contributed by atoms with Crippen molar-refractivity contribution in [1.29, 1.82) is 0 Å². The van der Waals surface area contributed by atoms with Crippen LogP contribution in [0.5, 0.6) is 0 Å². The first kappa shape index (κ1) is 76.9. The van der Waals surface area contributed by atoms with E-state index in [2.05, 4.69) is 93.7 Å². The molecule has 3 atom stereocenters. The van der Waals surface area contributed by atoms with E-state index >= 15 is 0 Å². The van der Waals surface area contributed by atoms with Crippen molar-refractivity contribution in [1.82, 2.24) is 0 Å². The van der Waals surface area contributed by atoms with Crippen LogP contribution >= 0.6 is 7.82 Å². The molecular weight excluding hydrogens is 1020 g/mol. The fraction of sp³-hybridized carbons (Fsp3) is 0.779. The number of esters is 3. The van der Waals surface area contributed by atoms with Gasteiger partial charge in [-0.2, -0.15) is 0 Å². The zero-order chi connectivity index (χ0) is 58.3. The molecule has 464 valence electrons. The number of carbonyl (C=O) groups excluding carboxylic acids is 3. The Labute approximate surface area is 490 Å². The fourth-order valence-electron chi connectivity index (χ4n) is 9.04. The normalized spacial score (nSPS) is 13.7. The van der Waals surface area contributed by atoms with Crippen LogP contribution in [0.1, 0.15) is 303 Å². The average Bonchev–Trinajstić information content (AvgIpc) is 3.45. The lowest BCUT2D eigenvalue weighted by Gasteiger charge is -2.21. The van der Waals surface area contributed by atoms with E-state index in [4.69, 9.17) is 23.3 Å². The molecule has 0 fully saturated rings. The maximum atomic E-state index is 13.0. The first-order chi connectivity index (χ1) is 39.2. The summed E-state index contributed by atoms with van der Waals surface area (Å²) in [6.07, 6.45) is 71.3. The topological polar surface area (TPSA) is 155 Å². The van der Waals surface area contributed by atoms with Crippen molar-refractivity contribution in [3.8, 4) is 0 Å². The number of phosphoric acid groups is 1. The Morgan fingerprint density at radius 1 is 0.350 bits per heavy atom. The van der Waals surface area contributed by atoms with E-state index in [-0.39, 0.29) is 25.9 Å². The number of unbranched alkanes of at least 4 members (excludes halogenated alkanes) is 32. The fourth-order valence-corrected chi connectivity index (χ4v) is 9.82. The van der Waals surface area contributed by atoms with Gasteiger partial charge in [-0.05, 0) is 116 Å². The Morgan fingerprint density at radius 2 is 0.613 bits per heavy atom. The molecule has 0 aliphatic heterocycles. The molecule has 0 spiro atoms. The number of allylic oxidation sites excluding steroid dienone is 12. The van der Waals surface area contributed by atoms with E-state index in [0.717, 1.165) is 109 Å². The van der Waals surface area contributed by atoms with Gasteiger partial charge in [-0.15, -0.1) is 0 Å². The van der Waals surface area contributed by atoms with Crippen molar-refractivity contribution in [3.63, 3.8) is 0 Å². The number of carbonyl (C=O) groups is 3. The van der Waals surface area contributed by atoms with E-state index in [9.17, 15) is 28.9 Å². The first-order valence-electron chi connectivity index (χ1n) is 32.8. The number of phosphoric ester groups is 1. The lowest BCUT2D eigenvalue weighted by Crippen LogP contribution is -2.30. The Bertz CT molecular complexity index is 1620. The molecule has 0 aromatic heterocycles. The van der Waals surface area contributed by atoms with Crippen LogP contribution in [0.25, 0.3) is 0 Å². The highest BCUT2D eigenvalue weighted by Gasteiger charge is 2.28. The van der Waals surface area contributed by atoms with Crippen molar-refractivity contribution >= 4 is 25.7 Å². The third kappa shape index (κ3) is 59.5. The Balaban J connectivity index is 4.68. The SMILES string of the molecule is CCCCC/C=C\C/C=C\CCCCCCCCCCCC(=O)OC(CO)COP(=O)(O)OCC(COC(=O)CCCCCCC/C=C\C/C=C\CCCCC)OC(=O)CCCCCCCCCCC/C=C\C/C=C\CCCCC. The number of aliphatic hydroxyl groups is 1. The summed E-state index contributed by atoms with van der Waals surface area (Å²) in [5.74, 6) is -1.48. The number of hydrogen-bond acceptors (Lipinski definition) is 10. The molecule has 0 amide bonds. The molecule has 0 aromatic rings. The molecule has 80 heavy (non-hydrogen) atoms. The molecule has 0 radical (unpaired) electrons. The Kier molecular flexibility index (Phi) is 59.6. The lowest BCUT2D eigenvalue weighted by molar-refractivity contribution is -0.161. The smallest absolute Gasteiger partial charge is 0.462 e. The predicted octanol–water partition coefficient (Wildman–Crippen LogP) is 20.0. The minimum atomic E-state index is -4.76. The Morgan fingerprint density at radius 3 is 0.925 bits per heavy atom. The van der Waals surface area contributed by atoms with Crippen LogP contribution in [-0.2, 0) is 42.2 Å². The molecule has 2 N–H and O–H groups in total. The molecule has 0 rings (SSSR count). The standard InChI is InChI=1S/C68H121O11P/c1-4-7-10-13-16-19-22-25-28-30-32-34-37-40-43-46-49-52-55-58-67(71)78-64(60-69)62-76-80(73,74)77-63-65(61-75-66(70)57-54-51-48-45-42-39-36-27-24-21-18-15-12-9-6-3)79-68(72)59-56-53-50-47-44-41-38-35-33-31-29-26-23-20-17-14-11-8-5-2/h16-21,25-29,36,64-65,69H,4-15,22-24,30-35,37-63H2,1-3H3,(H,73,74)/b19-16-,20-17-,21-18-,28-25-,29-26-,36-27-. The van der Waals surface area contributed by atoms with Crippen LogP contribution < -0.4 is 0 Å². The molecule has 0 aromatic carbocycles. The predicted molar refractivity (Wildman–Crippen MR) is 335 cm³/mol. The third-order valence-electron chi connectivity index (χ3n) is 14.1. The van der Waals surface area contributed by atoms with Gasteiger partial charge in [-0.25, -0.2) is 4.57 Å². The maximum absolute atomic E-state index is 13.0. The molecule has 0 bridgehead atoms. The van der Waals surface area contributed by atoms with E-state index in [1.807, 2.05) is 0 Å². The monoisotopic (exact) mass is 1140 g/mol. The summed E-state index contributed by atoms with van der Waals surface area (Å²) >= 11 is 0. The van der Waals surface area contributed by atoms with Crippen molar-refractivity contribution in [2.24, 2.45) is 0 Å². The van der Waals surface area contributed by atoms with E-state index in [0.29, 0.717) is 19.3 Å². The summed E-state index contributed by atoms with van der Waals surface area (Å²) < 4.78 is 39.7. The molecule has 12 heteroatoms. The van der Waals surface area contributed by atoms with Crippen LogP contribution in [0.3, 0.4) is 0 Å². The van der Waals surface area contributed by atoms with Gasteiger partial charge in [0.2, 0.25) is 0 Å². The average molecular weight is 1150 g/mol. The van der Waals surface area contributed by atoms with Gasteiger partial charge in [0, 0.05) is 19.3 Å². The van der Waals surface area contributed by atoms with Gasteiger partial charge in [-0.1, -0.05) is 241 Å². The first-order valence-corrected chi connectivity index (χ1v) is 34.3. The number of hydrogen-bond donors (Lipinski definition) is 2. The summed E-state index contributed by atoms with van der Waals surface area (Å²) in [6.45, 7) is 4.59. The van der Waals surface area contributed by atoms with Crippen LogP contribution in [-0.4, -0.2) is 66.5 Å². The van der Waals surface area contributed by atoms with Crippen LogP contribution in [0.15, 0.2) is 72.9 Å². The van der Waals surface area contributed by atoms with Gasteiger partial charge in [0.15, 0.2) is 6.10 Å². The highest BCUT2D eigenvalue weighted by Crippen LogP contribution is 2.43. The summed E-state index contributed by atoms with van der Waals surface area (Å²) in [7, 11) is -4.76. The number of aliphatic hydroxyl groups excluding tert-OH is 1. The second kappa shape index (κ2) is 62.0. The van der Waals surface area contributed by atoms with Crippen LogP contribution in [0, 0.1) is 0 Å². The number of rotatable bonds is 61.